The van der Waals surface area contributed by atoms with Crippen molar-refractivity contribution in [1.29, 1.82) is 0 Å². The summed E-state index contributed by atoms with van der Waals surface area (Å²) in [4.78, 5) is 28.4. The highest BCUT2D eigenvalue weighted by Gasteiger charge is 2.30. The van der Waals surface area contributed by atoms with E-state index < -0.39 is 21.9 Å². The molecule has 208 valence electrons. The van der Waals surface area contributed by atoms with E-state index in [4.69, 9.17) is 4.74 Å². The zero-order valence-corrected chi connectivity index (χ0v) is 23.2. The molecule has 0 radical (unpaired) electrons. The van der Waals surface area contributed by atoms with Gasteiger partial charge in [-0.2, -0.15) is 0 Å². The topological polar surface area (TPSA) is 96.0 Å². The average Bonchev–Trinajstić information content (AvgIpc) is 3.39. The SMILES string of the molecule is CC[C@@H](C(=O)NC1CCCC1)N(Cc1cccc(OC)c1)C(=O)CCCN(c1ccc(F)cc1)S(C)(=O)=O. The molecule has 8 nitrogen and oxygen atoms in total. The number of carbonyl (C=O) groups is 2. The quantitative estimate of drug-likeness (QED) is 0.405. The first kappa shape index (κ1) is 29.4. The maximum Gasteiger partial charge on any atom is 0.243 e. The number of nitrogens with zero attached hydrogens (tertiary/aromatic N) is 2. The molecule has 1 saturated carbocycles. The van der Waals surface area contributed by atoms with Crippen LogP contribution >= 0.6 is 0 Å². The Kier molecular flexibility index (Phi) is 10.5. The van der Waals surface area contributed by atoms with Crippen LogP contribution in [0.25, 0.3) is 0 Å². The lowest BCUT2D eigenvalue weighted by Gasteiger charge is -2.32. The number of ether oxygens (including phenoxy) is 1. The summed E-state index contributed by atoms with van der Waals surface area (Å²) in [6.45, 7) is 2.15. The van der Waals surface area contributed by atoms with Crippen LogP contribution in [0.2, 0.25) is 0 Å². The standard InChI is InChI=1S/C28H38FN3O5S/c1-4-26(28(34)30-23-10-5-6-11-23)31(20-21-9-7-12-25(19-21)37-2)27(33)13-8-18-32(38(3,35)36)24-16-14-22(29)15-17-24/h7,9,12,14-17,19,23,26H,4-6,8,10-11,13,18,20H2,1-3H3,(H,30,34)/t26-/m0/s1. The highest BCUT2D eigenvalue weighted by Crippen LogP contribution is 2.22. The number of methoxy groups -OCH3 is 1. The number of nitrogens with one attached hydrogen (secondary N) is 1. The Hall–Kier alpha value is -3.14. The molecule has 1 aliphatic carbocycles. The molecule has 0 heterocycles. The van der Waals surface area contributed by atoms with Crippen LogP contribution in [0.4, 0.5) is 10.1 Å². The number of sulfonamides is 1. The van der Waals surface area contributed by atoms with E-state index in [1.54, 1.807) is 12.0 Å². The van der Waals surface area contributed by atoms with Crippen molar-refractivity contribution in [1.82, 2.24) is 10.2 Å². The molecule has 3 rings (SSSR count). The molecular formula is C28H38FN3O5S. The molecule has 38 heavy (non-hydrogen) atoms. The van der Waals surface area contributed by atoms with Gasteiger partial charge in [-0.05, 0) is 67.6 Å². The van der Waals surface area contributed by atoms with Crippen molar-refractivity contribution in [2.24, 2.45) is 0 Å². The maximum absolute atomic E-state index is 13.6. The van der Waals surface area contributed by atoms with Crippen LogP contribution in [0, 0.1) is 5.82 Å². The van der Waals surface area contributed by atoms with Gasteiger partial charge in [-0.3, -0.25) is 13.9 Å². The Morgan fingerprint density at radius 3 is 2.42 bits per heavy atom. The third kappa shape index (κ3) is 8.18. The molecule has 1 N–H and O–H groups in total. The summed E-state index contributed by atoms with van der Waals surface area (Å²) in [6.07, 6.45) is 5.85. The molecule has 10 heteroatoms. The van der Waals surface area contributed by atoms with Crippen LogP contribution < -0.4 is 14.4 Å². The highest BCUT2D eigenvalue weighted by molar-refractivity contribution is 7.92. The smallest absolute Gasteiger partial charge is 0.243 e. The third-order valence-electron chi connectivity index (χ3n) is 6.84. The van der Waals surface area contributed by atoms with Gasteiger partial charge in [0.05, 0.1) is 19.1 Å². The molecule has 1 fully saturated rings. The number of amides is 2. The van der Waals surface area contributed by atoms with E-state index in [-0.39, 0.29) is 43.8 Å². The monoisotopic (exact) mass is 547 g/mol. The van der Waals surface area contributed by atoms with E-state index in [1.807, 2.05) is 31.2 Å². The highest BCUT2D eigenvalue weighted by atomic mass is 32.2. The minimum absolute atomic E-state index is 0.0460. The maximum atomic E-state index is 13.6. The first-order valence-corrected chi connectivity index (χ1v) is 14.9. The Bertz CT molecular complexity index is 1180. The summed E-state index contributed by atoms with van der Waals surface area (Å²) >= 11 is 0. The Morgan fingerprint density at radius 1 is 1.13 bits per heavy atom. The van der Waals surface area contributed by atoms with E-state index in [9.17, 15) is 22.4 Å². The molecule has 1 aliphatic rings. The van der Waals surface area contributed by atoms with Gasteiger partial charge in [0, 0.05) is 25.6 Å². The fraction of sp³-hybridized carbons (Fsp3) is 0.500. The van der Waals surface area contributed by atoms with Gasteiger partial charge in [-0.1, -0.05) is 31.9 Å². The minimum Gasteiger partial charge on any atom is -0.497 e. The van der Waals surface area contributed by atoms with Gasteiger partial charge in [0.1, 0.15) is 17.6 Å². The summed E-state index contributed by atoms with van der Waals surface area (Å²) in [5.74, 6) is -0.220. The lowest BCUT2D eigenvalue weighted by molar-refractivity contribution is -0.141. The van der Waals surface area contributed by atoms with Crippen LogP contribution in [0.1, 0.15) is 57.4 Å². The fourth-order valence-corrected chi connectivity index (χ4v) is 5.83. The van der Waals surface area contributed by atoms with Crippen molar-refractivity contribution in [3.63, 3.8) is 0 Å². The number of halogens is 1. The summed E-state index contributed by atoms with van der Waals surface area (Å²) in [5.41, 5.74) is 1.16. The first-order valence-electron chi connectivity index (χ1n) is 13.1. The molecule has 2 amide bonds. The van der Waals surface area contributed by atoms with Crippen LogP contribution in [0.3, 0.4) is 0 Å². The second-order valence-electron chi connectivity index (χ2n) is 9.70. The Morgan fingerprint density at radius 2 is 1.82 bits per heavy atom. The molecule has 0 aliphatic heterocycles. The second kappa shape index (κ2) is 13.6. The molecule has 2 aromatic carbocycles. The molecule has 0 bridgehead atoms. The van der Waals surface area contributed by atoms with Gasteiger partial charge < -0.3 is 15.0 Å². The predicted molar refractivity (Wildman–Crippen MR) is 146 cm³/mol. The van der Waals surface area contributed by atoms with Crippen molar-refractivity contribution in [2.75, 3.05) is 24.2 Å². The van der Waals surface area contributed by atoms with Gasteiger partial charge in [-0.15, -0.1) is 0 Å². The van der Waals surface area contributed by atoms with Crippen molar-refractivity contribution in [2.45, 2.75) is 70.5 Å². The van der Waals surface area contributed by atoms with Gasteiger partial charge in [0.2, 0.25) is 21.8 Å². The van der Waals surface area contributed by atoms with E-state index in [0.717, 1.165) is 41.8 Å². The van der Waals surface area contributed by atoms with E-state index >= 15 is 0 Å². The van der Waals surface area contributed by atoms with Crippen LogP contribution in [-0.4, -0.2) is 57.1 Å². The predicted octanol–water partition coefficient (Wildman–Crippen LogP) is 4.25. The Balaban J connectivity index is 1.76. The van der Waals surface area contributed by atoms with E-state index in [2.05, 4.69) is 5.32 Å². The van der Waals surface area contributed by atoms with Crippen molar-refractivity contribution in [3.8, 4) is 5.75 Å². The van der Waals surface area contributed by atoms with Crippen molar-refractivity contribution >= 4 is 27.5 Å². The van der Waals surface area contributed by atoms with Crippen LogP contribution in [0.15, 0.2) is 48.5 Å². The summed E-state index contributed by atoms with van der Waals surface area (Å²) in [6, 6.07) is 12.0. The fourth-order valence-electron chi connectivity index (χ4n) is 4.87. The largest absolute Gasteiger partial charge is 0.497 e. The second-order valence-corrected chi connectivity index (χ2v) is 11.6. The third-order valence-corrected chi connectivity index (χ3v) is 8.04. The lowest BCUT2D eigenvalue weighted by Crippen LogP contribution is -2.51. The zero-order valence-electron chi connectivity index (χ0n) is 22.4. The molecule has 0 aromatic heterocycles. The number of hydrogen-bond donors (Lipinski definition) is 1. The molecule has 0 saturated heterocycles. The van der Waals surface area contributed by atoms with Gasteiger partial charge >= 0.3 is 0 Å². The molecule has 0 unspecified atom stereocenters. The zero-order chi connectivity index (χ0) is 27.7. The summed E-state index contributed by atoms with van der Waals surface area (Å²) in [7, 11) is -2.08. The van der Waals surface area contributed by atoms with E-state index in [0.29, 0.717) is 17.9 Å². The number of benzene rings is 2. The molecular weight excluding hydrogens is 509 g/mol. The van der Waals surface area contributed by atoms with Crippen LogP contribution in [0.5, 0.6) is 5.75 Å². The number of carbonyl (C=O) groups excluding carboxylic acids is 2. The van der Waals surface area contributed by atoms with Crippen LogP contribution in [-0.2, 0) is 26.2 Å². The Labute approximate surface area is 225 Å². The van der Waals surface area contributed by atoms with Gasteiger partial charge in [0.15, 0.2) is 0 Å². The van der Waals surface area contributed by atoms with E-state index in [1.165, 1.54) is 24.3 Å². The molecule has 0 spiro atoms. The minimum atomic E-state index is -3.65. The normalized spacial score (nSPS) is 14.6. The lowest BCUT2D eigenvalue weighted by atomic mass is 10.1. The summed E-state index contributed by atoms with van der Waals surface area (Å²) < 4.78 is 44.7. The van der Waals surface area contributed by atoms with Gasteiger partial charge in [0.25, 0.3) is 0 Å². The molecule has 1 atom stereocenters. The van der Waals surface area contributed by atoms with Gasteiger partial charge in [-0.25, -0.2) is 12.8 Å². The summed E-state index contributed by atoms with van der Waals surface area (Å²) in [5, 5.41) is 3.12. The van der Waals surface area contributed by atoms with Crippen molar-refractivity contribution in [3.05, 3.63) is 59.9 Å². The first-order chi connectivity index (χ1) is 18.1. The average molecular weight is 548 g/mol. The number of rotatable bonds is 13. The number of hydrogen-bond acceptors (Lipinski definition) is 5. The number of anilines is 1. The molecule has 2 aromatic rings. The van der Waals surface area contributed by atoms with Crippen molar-refractivity contribution < 1.29 is 27.1 Å².